The van der Waals surface area contributed by atoms with E-state index < -0.39 is 0 Å². The molecule has 0 bridgehead atoms. The first-order chi connectivity index (χ1) is 11.6. The van der Waals surface area contributed by atoms with Crippen LogP contribution < -0.4 is 10.6 Å². The molecule has 6 nitrogen and oxygen atoms in total. The SMILES string of the molecule is CCN1CCN(CC(C)CNC(=O)C2(COC)CCNCC2)CC1.Cl.Cl.Cl. The highest BCUT2D eigenvalue weighted by molar-refractivity contribution is 5.86. The highest BCUT2D eigenvalue weighted by atomic mass is 35.5. The molecule has 0 aromatic heterocycles. The Labute approximate surface area is 183 Å². The van der Waals surface area contributed by atoms with E-state index in [0.29, 0.717) is 12.5 Å². The predicted octanol–water partition coefficient (Wildman–Crippen LogP) is 1.66. The van der Waals surface area contributed by atoms with Crippen molar-refractivity contribution in [1.29, 1.82) is 0 Å². The Morgan fingerprint density at radius 3 is 2.19 bits per heavy atom. The van der Waals surface area contributed by atoms with Gasteiger partial charge in [-0.25, -0.2) is 0 Å². The molecule has 2 aliphatic rings. The molecule has 2 rings (SSSR count). The normalized spacial score (nSPS) is 21.1. The van der Waals surface area contributed by atoms with Crippen molar-refractivity contribution in [3.63, 3.8) is 0 Å². The molecule has 9 heteroatoms. The topological polar surface area (TPSA) is 56.8 Å². The number of piperazine rings is 1. The Bertz CT molecular complexity index is 385. The van der Waals surface area contributed by atoms with Gasteiger partial charge in [0.15, 0.2) is 0 Å². The average molecular weight is 450 g/mol. The van der Waals surface area contributed by atoms with Crippen molar-refractivity contribution in [3.8, 4) is 0 Å². The predicted molar refractivity (Wildman–Crippen MR) is 119 cm³/mol. The maximum atomic E-state index is 12.7. The van der Waals surface area contributed by atoms with Gasteiger partial charge in [0.25, 0.3) is 0 Å². The van der Waals surface area contributed by atoms with E-state index in [4.69, 9.17) is 4.74 Å². The van der Waals surface area contributed by atoms with Gasteiger partial charge in [-0.15, -0.1) is 37.2 Å². The molecule has 1 unspecified atom stereocenters. The summed E-state index contributed by atoms with van der Waals surface area (Å²) in [6.45, 7) is 14.4. The second-order valence-electron chi connectivity index (χ2n) is 7.51. The molecule has 2 fully saturated rings. The number of halogens is 3. The maximum Gasteiger partial charge on any atom is 0.228 e. The molecular formula is C18H39Cl3N4O2. The number of rotatable bonds is 8. The standard InChI is InChI=1S/C18H36N4O2.3ClH/c1-4-21-9-11-22(12-10-21)14-16(2)13-20-17(23)18(15-24-3)5-7-19-8-6-18;;;/h16,19H,4-15H2,1-3H3,(H,20,23);3*1H. The van der Waals surface area contributed by atoms with E-state index in [9.17, 15) is 4.79 Å². The van der Waals surface area contributed by atoms with Crippen molar-refractivity contribution in [1.82, 2.24) is 20.4 Å². The van der Waals surface area contributed by atoms with Crippen LogP contribution in [0.5, 0.6) is 0 Å². The minimum atomic E-state index is -0.341. The fraction of sp³-hybridized carbons (Fsp3) is 0.944. The number of nitrogens with one attached hydrogen (secondary N) is 2. The largest absolute Gasteiger partial charge is 0.384 e. The zero-order valence-corrected chi connectivity index (χ0v) is 19.4. The fourth-order valence-electron chi connectivity index (χ4n) is 3.87. The number of hydrogen-bond acceptors (Lipinski definition) is 5. The van der Waals surface area contributed by atoms with Crippen LogP contribution >= 0.6 is 37.2 Å². The van der Waals surface area contributed by atoms with Gasteiger partial charge in [-0.2, -0.15) is 0 Å². The molecular weight excluding hydrogens is 411 g/mol. The zero-order chi connectivity index (χ0) is 17.4. The second-order valence-corrected chi connectivity index (χ2v) is 7.51. The van der Waals surface area contributed by atoms with Gasteiger partial charge in [0.05, 0.1) is 12.0 Å². The van der Waals surface area contributed by atoms with Crippen LogP contribution in [0.4, 0.5) is 0 Å². The third-order valence-corrected chi connectivity index (χ3v) is 5.56. The molecule has 0 aromatic carbocycles. The van der Waals surface area contributed by atoms with Crippen LogP contribution in [0.1, 0.15) is 26.7 Å². The number of ether oxygens (including phenoxy) is 1. The van der Waals surface area contributed by atoms with E-state index in [0.717, 1.165) is 58.7 Å². The van der Waals surface area contributed by atoms with Crippen LogP contribution in [0.2, 0.25) is 0 Å². The molecule has 2 N–H and O–H groups in total. The Morgan fingerprint density at radius 1 is 1.11 bits per heavy atom. The van der Waals surface area contributed by atoms with E-state index in [1.165, 1.54) is 13.1 Å². The molecule has 2 heterocycles. The van der Waals surface area contributed by atoms with Crippen LogP contribution in [0.25, 0.3) is 0 Å². The van der Waals surface area contributed by atoms with Gasteiger partial charge in [-0.05, 0) is 38.4 Å². The molecule has 0 saturated carbocycles. The maximum absolute atomic E-state index is 12.7. The van der Waals surface area contributed by atoms with Crippen LogP contribution in [-0.4, -0.2) is 88.3 Å². The van der Waals surface area contributed by atoms with Crippen LogP contribution in [-0.2, 0) is 9.53 Å². The Morgan fingerprint density at radius 2 is 1.67 bits per heavy atom. The summed E-state index contributed by atoms with van der Waals surface area (Å²) in [7, 11) is 1.69. The molecule has 164 valence electrons. The molecule has 0 spiro atoms. The summed E-state index contributed by atoms with van der Waals surface area (Å²) in [5, 5.41) is 6.54. The van der Waals surface area contributed by atoms with Gasteiger partial charge >= 0.3 is 0 Å². The fourth-order valence-corrected chi connectivity index (χ4v) is 3.87. The first kappa shape index (κ1) is 29.4. The van der Waals surface area contributed by atoms with E-state index in [1.807, 2.05) is 0 Å². The van der Waals surface area contributed by atoms with Crippen molar-refractivity contribution in [2.24, 2.45) is 11.3 Å². The third kappa shape index (κ3) is 9.03. The number of methoxy groups -OCH3 is 1. The lowest BCUT2D eigenvalue weighted by Crippen LogP contribution is -2.52. The number of nitrogens with zero attached hydrogens (tertiary/aromatic N) is 2. The van der Waals surface area contributed by atoms with Crippen molar-refractivity contribution in [2.75, 3.05) is 72.6 Å². The van der Waals surface area contributed by atoms with Gasteiger partial charge in [0.2, 0.25) is 5.91 Å². The summed E-state index contributed by atoms with van der Waals surface area (Å²) in [4.78, 5) is 17.8. The van der Waals surface area contributed by atoms with Crippen LogP contribution in [0.15, 0.2) is 0 Å². The van der Waals surface area contributed by atoms with Crippen LogP contribution in [0.3, 0.4) is 0 Å². The van der Waals surface area contributed by atoms with Crippen molar-refractivity contribution in [3.05, 3.63) is 0 Å². The smallest absolute Gasteiger partial charge is 0.228 e. The number of carbonyl (C=O) groups is 1. The van der Waals surface area contributed by atoms with Gasteiger partial charge < -0.3 is 25.2 Å². The van der Waals surface area contributed by atoms with Crippen molar-refractivity contribution < 1.29 is 9.53 Å². The molecule has 2 saturated heterocycles. The molecule has 27 heavy (non-hydrogen) atoms. The molecule has 2 aliphatic heterocycles. The lowest BCUT2D eigenvalue weighted by Gasteiger charge is -2.37. The lowest BCUT2D eigenvalue weighted by molar-refractivity contribution is -0.136. The minimum Gasteiger partial charge on any atom is -0.384 e. The summed E-state index contributed by atoms with van der Waals surface area (Å²) in [6.07, 6.45) is 1.72. The Hall–Kier alpha value is 0.180. The summed E-state index contributed by atoms with van der Waals surface area (Å²) in [6, 6.07) is 0. The molecule has 0 aliphatic carbocycles. The second kappa shape index (κ2) is 15.1. The number of piperidine rings is 1. The molecule has 0 radical (unpaired) electrons. The van der Waals surface area contributed by atoms with E-state index >= 15 is 0 Å². The van der Waals surface area contributed by atoms with E-state index in [2.05, 4.69) is 34.3 Å². The quantitative estimate of drug-likeness (QED) is 0.590. The van der Waals surface area contributed by atoms with Gasteiger partial charge in [-0.3, -0.25) is 4.79 Å². The summed E-state index contributed by atoms with van der Waals surface area (Å²) >= 11 is 0. The minimum absolute atomic E-state index is 0. The van der Waals surface area contributed by atoms with E-state index in [-0.39, 0.29) is 48.5 Å². The van der Waals surface area contributed by atoms with Crippen LogP contribution in [0, 0.1) is 11.3 Å². The zero-order valence-electron chi connectivity index (χ0n) is 17.0. The monoisotopic (exact) mass is 448 g/mol. The van der Waals surface area contributed by atoms with E-state index in [1.54, 1.807) is 7.11 Å². The Kier molecular flexibility index (Phi) is 16.4. The molecule has 1 atom stereocenters. The molecule has 1 amide bonds. The number of carbonyl (C=O) groups excluding carboxylic acids is 1. The average Bonchev–Trinajstić information content (AvgIpc) is 2.61. The summed E-state index contributed by atoms with van der Waals surface area (Å²) in [5.74, 6) is 0.650. The first-order valence-electron chi connectivity index (χ1n) is 9.52. The van der Waals surface area contributed by atoms with Gasteiger partial charge in [0, 0.05) is 46.4 Å². The number of hydrogen-bond donors (Lipinski definition) is 2. The van der Waals surface area contributed by atoms with Crippen molar-refractivity contribution >= 4 is 43.1 Å². The third-order valence-electron chi connectivity index (χ3n) is 5.56. The number of likely N-dealkylation sites (N-methyl/N-ethyl adjacent to an activating group) is 1. The number of amides is 1. The first-order valence-corrected chi connectivity index (χ1v) is 9.52. The van der Waals surface area contributed by atoms with Gasteiger partial charge in [-0.1, -0.05) is 13.8 Å². The highest BCUT2D eigenvalue weighted by Crippen LogP contribution is 2.29. The lowest BCUT2D eigenvalue weighted by atomic mass is 9.78. The highest BCUT2D eigenvalue weighted by Gasteiger charge is 2.39. The summed E-state index contributed by atoms with van der Waals surface area (Å²) in [5.41, 5.74) is -0.341. The Balaban J connectivity index is 0. The molecule has 0 aromatic rings. The van der Waals surface area contributed by atoms with Gasteiger partial charge in [0.1, 0.15) is 0 Å². The summed E-state index contributed by atoms with van der Waals surface area (Å²) < 4.78 is 5.35. The van der Waals surface area contributed by atoms with Crippen molar-refractivity contribution in [2.45, 2.75) is 26.7 Å².